The molecular weight excluding hydrogens is 284 g/mol. The summed E-state index contributed by atoms with van der Waals surface area (Å²) < 4.78 is 16.1. The van der Waals surface area contributed by atoms with Crippen molar-refractivity contribution >= 4 is 0 Å². The van der Waals surface area contributed by atoms with E-state index in [0.29, 0.717) is 30.3 Å². The number of fused-ring (bicyclic) bond motifs is 1. The Labute approximate surface area is 128 Å². The fourth-order valence-electron chi connectivity index (χ4n) is 2.81. The standard InChI is InChI=1S/C17H18O5/c1-20-12-4-5-13(15(19)8-12)11-7-10-3-6-14(18)17(21-2)16(10)22-9-11/h3-6,8,11,18-19H,7,9H2,1-2H3/t11-/m1/s1. The van der Waals surface area contributed by atoms with Crippen molar-refractivity contribution in [3.05, 3.63) is 41.5 Å². The van der Waals surface area contributed by atoms with Gasteiger partial charge in [-0.2, -0.15) is 0 Å². The van der Waals surface area contributed by atoms with Crippen LogP contribution in [0.15, 0.2) is 30.3 Å². The summed E-state index contributed by atoms with van der Waals surface area (Å²) in [5.74, 6) is 1.84. The van der Waals surface area contributed by atoms with Crippen LogP contribution >= 0.6 is 0 Å². The van der Waals surface area contributed by atoms with Gasteiger partial charge in [-0.1, -0.05) is 12.1 Å². The van der Waals surface area contributed by atoms with Crippen LogP contribution in [0.4, 0.5) is 0 Å². The summed E-state index contributed by atoms with van der Waals surface area (Å²) in [5.41, 5.74) is 1.76. The Bertz CT molecular complexity index is 696. The number of ether oxygens (including phenoxy) is 3. The second kappa shape index (κ2) is 5.67. The third-order valence-electron chi connectivity index (χ3n) is 3.95. The van der Waals surface area contributed by atoms with Gasteiger partial charge in [-0.25, -0.2) is 0 Å². The molecule has 0 saturated carbocycles. The lowest BCUT2D eigenvalue weighted by molar-refractivity contribution is 0.241. The minimum absolute atomic E-state index is 0.0349. The van der Waals surface area contributed by atoms with Gasteiger partial charge in [0, 0.05) is 17.5 Å². The number of methoxy groups -OCH3 is 2. The highest BCUT2D eigenvalue weighted by Gasteiger charge is 2.27. The molecule has 116 valence electrons. The second-order valence-corrected chi connectivity index (χ2v) is 5.24. The molecule has 2 aromatic carbocycles. The van der Waals surface area contributed by atoms with Gasteiger partial charge < -0.3 is 24.4 Å². The number of phenols is 2. The fourth-order valence-corrected chi connectivity index (χ4v) is 2.81. The van der Waals surface area contributed by atoms with E-state index in [1.165, 1.54) is 7.11 Å². The fraction of sp³-hybridized carbons (Fsp3) is 0.294. The maximum atomic E-state index is 10.2. The lowest BCUT2D eigenvalue weighted by Crippen LogP contribution is -2.19. The minimum atomic E-state index is 0.0349. The minimum Gasteiger partial charge on any atom is -0.508 e. The normalized spacial score (nSPS) is 16.5. The number of aromatic hydroxyl groups is 2. The zero-order valence-corrected chi connectivity index (χ0v) is 12.5. The lowest BCUT2D eigenvalue weighted by Gasteiger charge is -2.27. The number of hydrogen-bond acceptors (Lipinski definition) is 5. The van der Waals surface area contributed by atoms with Crippen LogP contribution in [0.3, 0.4) is 0 Å². The molecule has 1 aliphatic rings. The molecule has 22 heavy (non-hydrogen) atoms. The summed E-state index contributed by atoms with van der Waals surface area (Å²) in [7, 11) is 3.06. The summed E-state index contributed by atoms with van der Waals surface area (Å²) in [6.45, 7) is 0.409. The molecule has 0 amide bonds. The quantitative estimate of drug-likeness (QED) is 0.912. The van der Waals surface area contributed by atoms with Gasteiger partial charge >= 0.3 is 0 Å². The van der Waals surface area contributed by atoms with Crippen LogP contribution in [0.1, 0.15) is 17.0 Å². The van der Waals surface area contributed by atoms with Crippen LogP contribution in [0.5, 0.6) is 28.7 Å². The van der Waals surface area contributed by atoms with Gasteiger partial charge in [-0.3, -0.25) is 0 Å². The summed E-state index contributed by atoms with van der Waals surface area (Å²) in [6.07, 6.45) is 0.700. The molecule has 5 nitrogen and oxygen atoms in total. The van der Waals surface area contributed by atoms with Gasteiger partial charge in [0.05, 0.1) is 20.8 Å². The molecule has 2 aromatic rings. The Morgan fingerprint density at radius 3 is 2.55 bits per heavy atom. The van der Waals surface area contributed by atoms with Crippen molar-refractivity contribution in [2.75, 3.05) is 20.8 Å². The van der Waals surface area contributed by atoms with Crippen LogP contribution in [0, 0.1) is 0 Å². The molecule has 1 atom stereocenters. The van der Waals surface area contributed by atoms with Crippen LogP contribution in [-0.4, -0.2) is 31.0 Å². The van der Waals surface area contributed by atoms with Crippen LogP contribution < -0.4 is 14.2 Å². The zero-order valence-electron chi connectivity index (χ0n) is 12.5. The number of rotatable bonds is 3. The topological polar surface area (TPSA) is 68.2 Å². The van der Waals surface area contributed by atoms with Crippen molar-refractivity contribution < 1.29 is 24.4 Å². The van der Waals surface area contributed by atoms with E-state index in [1.54, 1.807) is 19.2 Å². The van der Waals surface area contributed by atoms with E-state index in [9.17, 15) is 10.2 Å². The first kappa shape index (κ1) is 14.4. The molecule has 1 heterocycles. The highest BCUT2D eigenvalue weighted by atomic mass is 16.5. The van der Waals surface area contributed by atoms with E-state index in [2.05, 4.69) is 0 Å². The Hall–Kier alpha value is -2.56. The first-order valence-corrected chi connectivity index (χ1v) is 7.02. The lowest BCUT2D eigenvalue weighted by atomic mass is 9.89. The molecule has 1 aliphatic heterocycles. The summed E-state index contributed by atoms with van der Waals surface area (Å²) in [6, 6.07) is 8.69. The second-order valence-electron chi connectivity index (χ2n) is 5.24. The van der Waals surface area contributed by atoms with Gasteiger partial charge in [-0.05, 0) is 24.1 Å². The summed E-state index contributed by atoms with van der Waals surface area (Å²) >= 11 is 0. The van der Waals surface area contributed by atoms with Crippen molar-refractivity contribution in [2.24, 2.45) is 0 Å². The molecule has 0 bridgehead atoms. The summed E-state index contributed by atoms with van der Waals surface area (Å²) in [4.78, 5) is 0. The number of benzene rings is 2. The monoisotopic (exact) mass is 302 g/mol. The average Bonchev–Trinajstić information content (AvgIpc) is 2.54. The smallest absolute Gasteiger partial charge is 0.203 e. The van der Waals surface area contributed by atoms with E-state index in [-0.39, 0.29) is 17.4 Å². The summed E-state index contributed by atoms with van der Waals surface area (Å²) in [5, 5.41) is 20.0. The highest BCUT2D eigenvalue weighted by Crippen LogP contribution is 2.45. The molecule has 3 rings (SSSR count). The van der Waals surface area contributed by atoms with E-state index in [4.69, 9.17) is 14.2 Å². The predicted octanol–water partition coefficient (Wildman–Crippen LogP) is 2.83. The van der Waals surface area contributed by atoms with Crippen LogP contribution in [-0.2, 0) is 6.42 Å². The Morgan fingerprint density at radius 2 is 1.86 bits per heavy atom. The van der Waals surface area contributed by atoms with Gasteiger partial charge in [0.15, 0.2) is 11.5 Å². The van der Waals surface area contributed by atoms with Crippen molar-refractivity contribution in [1.82, 2.24) is 0 Å². The number of phenolic OH excluding ortho intramolecular Hbond substituents is 2. The first-order valence-electron chi connectivity index (χ1n) is 7.02. The maximum Gasteiger partial charge on any atom is 0.203 e. The average molecular weight is 302 g/mol. The molecule has 0 radical (unpaired) electrons. The van der Waals surface area contributed by atoms with Crippen molar-refractivity contribution in [3.63, 3.8) is 0 Å². The van der Waals surface area contributed by atoms with Gasteiger partial charge in [-0.15, -0.1) is 0 Å². The molecule has 5 heteroatoms. The van der Waals surface area contributed by atoms with E-state index in [0.717, 1.165) is 11.1 Å². The van der Waals surface area contributed by atoms with Gasteiger partial charge in [0.25, 0.3) is 0 Å². The van der Waals surface area contributed by atoms with E-state index in [1.807, 2.05) is 18.2 Å². The number of hydrogen-bond donors (Lipinski definition) is 2. The molecule has 2 N–H and O–H groups in total. The molecule has 0 aliphatic carbocycles. The van der Waals surface area contributed by atoms with Crippen molar-refractivity contribution in [1.29, 1.82) is 0 Å². The van der Waals surface area contributed by atoms with Crippen molar-refractivity contribution in [2.45, 2.75) is 12.3 Å². The van der Waals surface area contributed by atoms with E-state index >= 15 is 0 Å². The third-order valence-corrected chi connectivity index (χ3v) is 3.95. The molecular formula is C17H18O5. The molecule has 0 unspecified atom stereocenters. The Morgan fingerprint density at radius 1 is 1.05 bits per heavy atom. The Balaban J connectivity index is 1.92. The predicted molar refractivity (Wildman–Crippen MR) is 81.3 cm³/mol. The SMILES string of the molecule is COc1ccc([C@H]2COc3c(ccc(O)c3OC)C2)c(O)c1. The maximum absolute atomic E-state index is 10.2. The Kier molecular flexibility index (Phi) is 3.71. The van der Waals surface area contributed by atoms with Gasteiger partial charge in [0.1, 0.15) is 11.5 Å². The first-order chi connectivity index (χ1) is 10.6. The molecule has 0 aromatic heterocycles. The van der Waals surface area contributed by atoms with Crippen LogP contribution in [0.25, 0.3) is 0 Å². The molecule has 0 fully saturated rings. The van der Waals surface area contributed by atoms with Crippen LogP contribution in [0.2, 0.25) is 0 Å². The highest BCUT2D eigenvalue weighted by molar-refractivity contribution is 5.57. The van der Waals surface area contributed by atoms with Crippen molar-refractivity contribution in [3.8, 4) is 28.7 Å². The molecule has 0 spiro atoms. The van der Waals surface area contributed by atoms with E-state index < -0.39 is 0 Å². The van der Waals surface area contributed by atoms with Gasteiger partial charge in [0.2, 0.25) is 5.75 Å². The molecule has 0 saturated heterocycles. The largest absolute Gasteiger partial charge is 0.508 e. The zero-order chi connectivity index (χ0) is 15.7. The third kappa shape index (κ3) is 2.39.